The summed E-state index contributed by atoms with van der Waals surface area (Å²) in [5, 5.41) is 6.80. The van der Waals surface area contributed by atoms with Gasteiger partial charge in [-0.05, 0) is 6.92 Å². The molecule has 2 nitrogen and oxygen atoms in total. The smallest absolute Gasteiger partial charge is 0.422 e. The van der Waals surface area contributed by atoms with Crippen LogP contribution in [0.5, 0.6) is 0 Å². The van der Waals surface area contributed by atoms with E-state index in [9.17, 15) is 13.2 Å². The summed E-state index contributed by atoms with van der Waals surface area (Å²) in [6.45, 7) is 3.21. The fourth-order valence-corrected chi connectivity index (χ4v) is 0.277. The van der Waals surface area contributed by atoms with E-state index in [0.29, 0.717) is 0 Å². The molecular formula is C6H8F3NO. The largest absolute Gasteiger partial charge is 0.468 e. The van der Waals surface area contributed by atoms with Crippen molar-refractivity contribution in [2.45, 2.75) is 13.1 Å². The standard InChI is InChI=1S/C6H8F3NO/c1-4(2)5(10)11-3-6(7,8)9/h10H,1,3H2,2H3. The monoisotopic (exact) mass is 167 g/mol. The van der Waals surface area contributed by atoms with Crippen LogP contribution in [-0.4, -0.2) is 18.7 Å². The van der Waals surface area contributed by atoms with E-state index >= 15 is 0 Å². The van der Waals surface area contributed by atoms with E-state index in [4.69, 9.17) is 5.41 Å². The zero-order valence-electron chi connectivity index (χ0n) is 5.96. The summed E-state index contributed by atoms with van der Waals surface area (Å²) in [6.07, 6.45) is -4.39. The van der Waals surface area contributed by atoms with Crippen LogP contribution in [0.25, 0.3) is 0 Å². The molecule has 0 aliphatic carbocycles. The lowest BCUT2D eigenvalue weighted by Crippen LogP contribution is -2.20. The molecule has 0 fully saturated rings. The Morgan fingerprint density at radius 3 is 2.27 bits per heavy atom. The molecule has 0 aromatic carbocycles. The molecule has 0 rings (SSSR count). The van der Waals surface area contributed by atoms with Crippen LogP contribution in [0.2, 0.25) is 0 Å². The molecule has 0 atom stereocenters. The second-order valence-electron chi connectivity index (χ2n) is 2.01. The average molecular weight is 167 g/mol. The topological polar surface area (TPSA) is 33.1 Å². The third kappa shape index (κ3) is 5.44. The van der Waals surface area contributed by atoms with E-state index in [-0.39, 0.29) is 5.57 Å². The van der Waals surface area contributed by atoms with Crippen molar-refractivity contribution in [2.75, 3.05) is 6.61 Å². The first-order valence-corrected chi connectivity index (χ1v) is 2.77. The van der Waals surface area contributed by atoms with Gasteiger partial charge in [0.05, 0.1) is 0 Å². The maximum atomic E-state index is 11.4. The van der Waals surface area contributed by atoms with Gasteiger partial charge in [0.25, 0.3) is 0 Å². The van der Waals surface area contributed by atoms with Crippen LogP contribution in [0.4, 0.5) is 13.2 Å². The first-order valence-electron chi connectivity index (χ1n) is 2.77. The second-order valence-corrected chi connectivity index (χ2v) is 2.01. The Morgan fingerprint density at radius 2 is 2.00 bits per heavy atom. The highest BCUT2D eigenvalue weighted by molar-refractivity contribution is 5.89. The molecular weight excluding hydrogens is 159 g/mol. The van der Waals surface area contributed by atoms with Crippen molar-refractivity contribution in [1.82, 2.24) is 0 Å². The SMILES string of the molecule is C=C(C)C(=N)OCC(F)(F)F. The molecule has 1 N–H and O–H groups in total. The molecule has 0 radical (unpaired) electrons. The summed E-state index contributed by atoms with van der Waals surface area (Å²) in [6, 6.07) is 0. The Hall–Kier alpha value is -1.00. The van der Waals surface area contributed by atoms with Crippen LogP contribution in [-0.2, 0) is 4.74 Å². The van der Waals surface area contributed by atoms with Gasteiger partial charge >= 0.3 is 6.18 Å². The normalized spacial score (nSPS) is 10.9. The van der Waals surface area contributed by atoms with Crippen molar-refractivity contribution in [2.24, 2.45) is 0 Å². The minimum atomic E-state index is -4.39. The van der Waals surface area contributed by atoms with E-state index < -0.39 is 18.7 Å². The third-order valence-corrected chi connectivity index (χ3v) is 0.768. The summed E-state index contributed by atoms with van der Waals surface area (Å²) >= 11 is 0. The van der Waals surface area contributed by atoms with Gasteiger partial charge in [0, 0.05) is 5.57 Å². The number of hydrogen-bond donors (Lipinski definition) is 1. The van der Waals surface area contributed by atoms with Gasteiger partial charge in [-0.3, -0.25) is 5.41 Å². The fourth-order valence-electron chi connectivity index (χ4n) is 0.277. The highest BCUT2D eigenvalue weighted by Crippen LogP contribution is 2.14. The maximum Gasteiger partial charge on any atom is 0.422 e. The summed E-state index contributed by atoms with van der Waals surface area (Å²) in [7, 11) is 0. The molecule has 0 aliphatic rings. The predicted octanol–water partition coefficient (Wildman–Crippen LogP) is 2.12. The summed E-state index contributed by atoms with van der Waals surface area (Å²) < 4.78 is 38.3. The minimum Gasteiger partial charge on any atom is -0.468 e. The van der Waals surface area contributed by atoms with Gasteiger partial charge in [-0.25, -0.2) is 0 Å². The predicted molar refractivity (Wildman–Crippen MR) is 34.5 cm³/mol. The molecule has 0 spiro atoms. The van der Waals surface area contributed by atoms with Crippen molar-refractivity contribution < 1.29 is 17.9 Å². The summed E-state index contributed by atoms with van der Waals surface area (Å²) in [5.41, 5.74) is 0.175. The minimum absolute atomic E-state index is 0.175. The molecule has 0 heterocycles. The van der Waals surface area contributed by atoms with Gasteiger partial charge in [-0.15, -0.1) is 0 Å². The Bertz CT molecular complexity index is 173. The Morgan fingerprint density at radius 1 is 1.55 bits per heavy atom. The molecule has 0 bridgehead atoms. The van der Waals surface area contributed by atoms with Crippen LogP contribution >= 0.6 is 0 Å². The van der Waals surface area contributed by atoms with E-state index in [1.54, 1.807) is 0 Å². The molecule has 0 aromatic heterocycles. The van der Waals surface area contributed by atoms with Gasteiger partial charge in [-0.2, -0.15) is 13.2 Å². The molecule has 0 aliphatic heterocycles. The van der Waals surface area contributed by atoms with Crippen molar-refractivity contribution in [3.05, 3.63) is 12.2 Å². The molecule has 64 valence electrons. The van der Waals surface area contributed by atoms with E-state index in [2.05, 4.69) is 11.3 Å². The van der Waals surface area contributed by atoms with Gasteiger partial charge in [0.15, 0.2) is 6.61 Å². The molecule has 0 aromatic rings. The van der Waals surface area contributed by atoms with Crippen LogP contribution in [0.3, 0.4) is 0 Å². The lowest BCUT2D eigenvalue weighted by molar-refractivity contribution is -0.156. The molecule has 0 amide bonds. The number of halogens is 3. The van der Waals surface area contributed by atoms with Gasteiger partial charge in [-0.1, -0.05) is 6.58 Å². The Balaban J connectivity index is 3.73. The zero-order chi connectivity index (χ0) is 9.07. The van der Waals surface area contributed by atoms with Crippen molar-refractivity contribution in [3.8, 4) is 0 Å². The molecule has 0 saturated heterocycles. The van der Waals surface area contributed by atoms with E-state index in [0.717, 1.165) is 0 Å². The summed E-state index contributed by atoms with van der Waals surface area (Å²) in [4.78, 5) is 0. The fraction of sp³-hybridized carbons (Fsp3) is 0.500. The van der Waals surface area contributed by atoms with Gasteiger partial charge < -0.3 is 4.74 Å². The van der Waals surface area contributed by atoms with Crippen LogP contribution in [0.1, 0.15) is 6.92 Å². The van der Waals surface area contributed by atoms with Crippen molar-refractivity contribution in [3.63, 3.8) is 0 Å². The van der Waals surface area contributed by atoms with Crippen LogP contribution in [0, 0.1) is 5.41 Å². The molecule has 11 heavy (non-hydrogen) atoms. The lowest BCUT2D eigenvalue weighted by Gasteiger charge is -2.08. The highest BCUT2D eigenvalue weighted by Gasteiger charge is 2.28. The number of ether oxygens (including phenoxy) is 1. The number of hydrogen-bond acceptors (Lipinski definition) is 2. The third-order valence-electron chi connectivity index (χ3n) is 0.768. The lowest BCUT2D eigenvalue weighted by atomic mass is 10.3. The quantitative estimate of drug-likeness (QED) is 0.496. The highest BCUT2D eigenvalue weighted by atomic mass is 19.4. The van der Waals surface area contributed by atoms with Crippen LogP contribution < -0.4 is 0 Å². The number of nitrogens with one attached hydrogen (secondary N) is 1. The van der Waals surface area contributed by atoms with Crippen molar-refractivity contribution >= 4 is 5.90 Å². The van der Waals surface area contributed by atoms with Crippen molar-refractivity contribution in [1.29, 1.82) is 5.41 Å². The second kappa shape index (κ2) is 3.41. The van der Waals surface area contributed by atoms with Gasteiger partial charge in [0.1, 0.15) is 0 Å². The van der Waals surface area contributed by atoms with Gasteiger partial charge in [0.2, 0.25) is 5.90 Å². The Kier molecular flexibility index (Phi) is 3.10. The summed E-state index contributed by atoms with van der Waals surface area (Å²) in [5.74, 6) is -0.526. The molecule has 5 heteroatoms. The van der Waals surface area contributed by atoms with E-state index in [1.807, 2.05) is 0 Å². The zero-order valence-corrected chi connectivity index (χ0v) is 5.96. The number of alkyl halides is 3. The first-order chi connectivity index (χ1) is 4.83. The molecule has 0 saturated carbocycles. The Labute approximate surface area is 62.2 Å². The molecule has 0 unspecified atom stereocenters. The first kappa shape index (κ1) is 10.0. The van der Waals surface area contributed by atoms with E-state index in [1.165, 1.54) is 6.92 Å². The average Bonchev–Trinajstić information content (AvgIpc) is 1.80. The van der Waals surface area contributed by atoms with Crippen LogP contribution in [0.15, 0.2) is 12.2 Å². The number of rotatable bonds is 2. The maximum absolute atomic E-state index is 11.4.